The van der Waals surface area contributed by atoms with Gasteiger partial charge in [-0.3, -0.25) is 19.6 Å². The molecule has 0 saturated carbocycles. The van der Waals surface area contributed by atoms with Gasteiger partial charge in [0.15, 0.2) is 5.60 Å². The maximum absolute atomic E-state index is 13.1. The molecule has 9 nitrogen and oxygen atoms in total. The number of carboxylic acid groups (broad SMARTS) is 1. The Hall–Kier alpha value is -4.86. The van der Waals surface area contributed by atoms with E-state index in [9.17, 15) is 14.0 Å². The number of oxime groups is 1. The Labute approximate surface area is 299 Å². The number of rotatable bonds is 22. The van der Waals surface area contributed by atoms with Gasteiger partial charge in [0.2, 0.25) is 5.91 Å². The van der Waals surface area contributed by atoms with Crippen LogP contribution in [0.25, 0.3) is 0 Å². The molecule has 1 atom stereocenters. The van der Waals surface area contributed by atoms with E-state index >= 15 is 0 Å². The fourth-order valence-electron chi connectivity index (χ4n) is 3.81. The van der Waals surface area contributed by atoms with Crippen molar-refractivity contribution in [2.75, 3.05) is 19.7 Å². The number of carbonyl (C=O) groups excluding carboxylic acids is 1. The minimum Gasteiger partial charge on any atom is -0.489 e. The van der Waals surface area contributed by atoms with Crippen molar-refractivity contribution >= 4 is 30.5 Å². The van der Waals surface area contributed by atoms with Crippen LogP contribution in [0.3, 0.4) is 0 Å². The smallest absolute Gasteiger partial charge is 0.303 e. The zero-order valence-corrected chi connectivity index (χ0v) is 31.2. The second-order valence-electron chi connectivity index (χ2n) is 10.5. The third-order valence-electron chi connectivity index (χ3n) is 6.42. The first kappa shape index (κ1) is 47.3. The number of ether oxygens (including phenoxy) is 1. The first-order valence-corrected chi connectivity index (χ1v) is 17.1. The topological polar surface area (TPSA) is 122 Å². The molecule has 1 aliphatic heterocycles. The van der Waals surface area contributed by atoms with E-state index in [1.807, 2.05) is 59.8 Å². The summed E-state index contributed by atoms with van der Waals surface area (Å²) in [6, 6.07) is 0. The van der Waals surface area contributed by atoms with Crippen molar-refractivity contribution in [1.82, 2.24) is 5.32 Å². The molecule has 10 heteroatoms. The molecule has 0 saturated heterocycles. The fraction of sp³-hybridized carbons (Fsp3) is 0.425. The van der Waals surface area contributed by atoms with E-state index < -0.39 is 11.6 Å². The fourth-order valence-corrected chi connectivity index (χ4v) is 3.81. The summed E-state index contributed by atoms with van der Waals surface area (Å²) < 4.78 is 19.3. The number of carboxylic acids is 1. The molecule has 0 aromatic carbocycles. The van der Waals surface area contributed by atoms with Gasteiger partial charge >= 0.3 is 5.97 Å². The summed E-state index contributed by atoms with van der Waals surface area (Å²) in [5, 5.41) is 15.8. The number of nitrogens with one attached hydrogen (secondary N) is 1. The Morgan fingerprint density at radius 3 is 2.46 bits per heavy atom. The lowest BCUT2D eigenvalue weighted by atomic mass is 9.96. The monoisotopic (exact) mass is 694 g/mol. The number of unbranched alkanes of at least 4 members (excludes halogenated alkanes) is 2. The van der Waals surface area contributed by atoms with Crippen molar-refractivity contribution in [2.24, 2.45) is 15.1 Å². The standard InChI is InChI=1S/C36H47FN4O5.2C2H6/c1-7-28(4)24-33(29(8-2)26-38-6)45-27-36(5)25-32(41-46-36)30(20-23-39-21-14-10-11-19-35(43)44)16-12-13-18-34(42)40-22-15-17-31(37)9-3;2*1-2/h7-9,13,15-18,20-21,23-24H,1-2,6,10-12,14,19,22,25-27H2,3-5H3,(H,40,42)(H,43,44);2*1-2H3/b17-15-,18-13+,23-20+,28-24-,30-16?,31-9+,33-29-,39-21?;;. The SMILES string of the molecule is C=C/C(C)=C\C(OCC1(C)CC(C(=CC/C=C/C(=O)NC/C=C\C(F)=C/C)/C=C/N=CCCCCC(=O)O)=NO1)=C(/C=C)CN=C.CC.CC. The summed E-state index contributed by atoms with van der Waals surface area (Å²) in [5.74, 6) is -0.887. The minimum atomic E-state index is -0.808. The highest BCUT2D eigenvalue weighted by Gasteiger charge is 2.36. The quantitative estimate of drug-likeness (QED) is 0.0384. The molecule has 1 unspecified atom stereocenters. The maximum atomic E-state index is 13.1. The molecule has 0 bridgehead atoms. The van der Waals surface area contributed by atoms with Gasteiger partial charge in [-0.2, -0.15) is 0 Å². The number of aliphatic imine (C=N–C) groups is 2. The molecule has 0 fully saturated rings. The summed E-state index contributed by atoms with van der Waals surface area (Å²) in [4.78, 5) is 36.9. The highest BCUT2D eigenvalue weighted by Crippen LogP contribution is 2.29. The molecule has 0 aromatic rings. The van der Waals surface area contributed by atoms with Crippen LogP contribution in [-0.2, 0) is 19.2 Å². The molecule has 1 amide bonds. The van der Waals surface area contributed by atoms with Gasteiger partial charge in [0.1, 0.15) is 18.2 Å². The zero-order valence-electron chi connectivity index (χ0n) is 31.2. The first-order valence-electron chi connectivity index (χ1n) is 17.1. The lowest BCUT2D eigenvalue weighted by Gasteiger charge is -2.23. The van der Waals surface area contributed by atoms with Gasteiger partial charge in [-0.25, -0.2) is 4.39 Å². The first-order chi connectivity index (χ1) is 24.1. The van der Waals surface area contributed by atoms with Crippen molar-refractivity contribution in [1.29, 1.82) is 0 Å². The third-order valence-corrected chi connectivity index (χ3v) is 6.42. The summed E-state index contributed by atoms with van der Waals surface area (Å²) in [6.07, 6.45) is 22.6. The van der Waals surface area contributed by atoms with E-state index in [1.54, 1.807) is 37.6 Å². The summed E-state index contributed by atoms with van der Waals surface area (Å²) in [5.41, 5.74) is 2.38. The highest BCUT2D eigenvalue weighted by molar-refractivity contribution is 6.03. The molecular weight excluding hydrogens is 635 g/mol. The lowest BCUT2D eigenvalue weighted by molar-refractivity contribution is -0.137. The van der Waals surface area contributed by atoms with Crippen LogP contribution in [0.15, 0.2) is 124 Å². The number of hydrogen-bond donors (Lipinski definition) is 2. The van der Waals surface area contributed by atoms with E-state index in [1.165, 1.54) is 24.3 Å². The van der Waals surface area contributed by atoms with Gasteiger partial charge in [-0.05, 0) is 88.6 Å². The van der Waals surface area contributed by atoms with Crippen molar-refractivity contribution < 1.29 is 28.7 Å². The molecule has 0 aromatic heterocycles. The Kier molecular flexibility index (Phi) is 28.6. The van der Waals surface area contributed by atoms with Crippen LogP contribution in [0.5, 0.6) is 0 Å². The number of aliphatic carboxylic acids is 1. The molecule has 50 heavy (non-hydrogen) atoms. The number of hydrogen-bond acceptors (Lipinski definition) is 7. The van der Waals surface area contributed by atoms with Crippen molar-refractivity contribution in [3.63, 3.8) is 0 Å². The van der Waals surface area contributed by atoms with Crippen LogP contribution in [0, 0.1) is 0 Å². The van der Waals surface area contributed by atoms with Crippen molar-refractivity contribution in [3.8, 4) is 0 Å². The van der Waals surface area contributed by atoms with Crippen molar-refractivity contribution in [3.05, 3.63) is 108 Å². The molecule has 276 valence electrons. The molecule has 0 radical (unpaired) electrons. The second-order valence-corrected chi connectivity index (χ2v) is 10.5. The molecule has 1 aliphatic rings. The summed E-state index contributed by atoms with van der Waals surface area (Å²) in [6.45, 7) is 25.4. The van der Waals surface area contributed by atoms with Crippen LogP contribution in [0.1, 0.15) is 87.0 Å². The van der Waals surface area contributed by atoms with Crippen molar-refractivity contribution in [2.45, 2.75) is 92.6 Å². The minimum absolute atomic E-state index is 0.136. The van der Waals surface area contributed by atoms with E-state index in [2.05, 4.69) is 40.3 Å². The van der Waals surface area contributed by atoms with Crippen LogP contribution in [0.2, 0.25) is 0 Å². The normalized spacial score (nSPS) is 17.0. The third kappa shape index (κ3) is 22.7. The maximum Gasteiger partial charge on any atom is 0.303 e. The summed E-state index contributed by atoms with van der Waals surface area (Å²) >= 11 is 0. The van der Waals surface area contributed by atoms with Gasteiger partial charge in [0, 0.05) is 37.4 Å². The van der Waals surface area contributed by atoms with E-state index in [-0.39, 0.29) is 31.3 Å². The number of allylic oxidation sites excluding steroid dienone is 10. The summed E-state index contributed by atoms with van der Waals surface area (Å²) in [7, 11) is 0. The molecule has 0 spiro atoms. The lowest BCUT2D eigenvalue weighted by Crippen LogP contribution is -2.31. The van der Waals surface area contributed by atoms with Crippen LogP contribution < -0.4 is 5.32 Å². The number of halogens is 1. The largest absolute Gasteiger partial charge is 0.489 e. The van der Waals surface area contributed by atoms with E-state index in [0.29, 0.717) is 43.7 Å². The highest BCUT2D eigenvalue weighted by atomic mass is 19.1. The molecular formula is C40H59FN4O5. The Balaban J connectivity index is 0. The van der Waals surface area contributed by atoms with E-state index in [0.717, 1.165) is 23.1 Å². The zero-order chi connectivity index (χ0) is 38.2. The van der Waals surface area contributed by atoms with Crippen LogP contribution in [0.4, 0.5) is 4.39 Å². The molecule has 0 aliphatic carbocycles. The van der Waals surface area contributed by atoms with Gasteiger partial charge < -0.3 is 20.0 Å². The number of amides is 1. The Bertz CT molecular complexity index is 1350. The predicted molar refractivity (Wildman–Crippen MR) is 208 cm³/mol. The Morgan fingerprint density at radius 2 is 1.84 bits per heavy atom. The van der Waals surface area contributed by atoms with Gasteiger partial charge in [0.05, 0.1) is 12.3 Å². The average Bonchev–Trinajstić information content (AvgIpc) is 3.52. The van der Waals surface area contributed by atoms with Crippen LogP contribution >= 0.6 is 0 Å². The predicted octanol–water partition coefficient (Wildman–Crippen LogP) is 9.51. The number of carbonyl (C=O) groups is 2. The Morgan fingerprint density at radius 1 is 1.12 bits per heavy atom. The molecule has 2 N–H and O–H groups in total. The number of nitrogens with zero attached hydrogens (tertiary/aromatic N) is 3. The average molecular weight is 695 g/mol. The van der Waals surface area contributed by atoms with Gasteiger partial charge in [-0.1, -0.05) is 82.5 Å². The van der Waals surface area contributed by atoms with Gasteiger partial charge in [-0.15, -0.1) is 0 Å². The van der Waals surface area contributed by atoms with Crippen LogP contribution in [-0.4, -0.2) is 60.9 Å². The molecule has 1 heterocycles. The van der Waals surface area contributed by atoms with Gasteiger partial charge in [0.25, 0.3) is 0 Å². The second kappa shape index (κ2) is 30.2. The molecule has 1 rings (SSSR count). The van der Waals surface area contributed by atoms with E-state index in [4.69, 9.17) is 14.7 Å².